The van der Waals surface area contributed by atoms with Crippen molar-refractivity contribution >= 4 is 34.8 Å². The molecule has 2 aliphatic rings. The van der Waals surface area contributed by atoms with Crippen LogP contribution in [0.3, 0.4) is 0 Å². The second-order valence-electron chi connectivity index (χ2n) is 6.61. The summed E-state index contributed by atoms with van der Waals surface area (Å²) in [6, 6.07) is 20.0. The van der Waals surface area contributed by atoms with Crippen molar-refractivity contribution < 1.29 is 4.42 Å². The Balaban J connectivity index is 1.77. The summed E-state index contributed by atoms with van der Waals surface area (Å²) in [4.78, 5) is 16.0. The largest absolute Gasteiger partial charge is 0.436 e. The van der Waals surface area contributed by atoms with Crippen molar-refractivity contribution in [1.29, 1.82) is 5.26 Å². The number of rotatable bonds is 2. The molecule has 0 fully saturated rings. The molecule has 1 aromatic heterocycles. The number of aromatic nitrogens is 3. The van der Waals surface area contributed by atoms with E-state index in [0.717, 1.165) is 10.9 Å². The number of nitriles is 1. The molecule has 0 atom stereocenters. The second-order valence-corrected chi connectivity index (χ2v) is 7.46. The third kappa shape index (κ3) is 2.90. The highest BCUT2D eigenvalue weighted by molar-refractivity contribution is 7.71. The lowest BCUT2D eigenvalue weighted by molar-refractivity contribution is 0.590. The van der Waals surface area contributed by atoms with Gasteiger partial charge in [-0.2, -0.15) is 9.94 Å². The summed E-state index contributed by atoms with van der Waals surface area (Å²) in [5.41, 5.74) is 2.26. The minimum atomic E-state index is -0.350. The number of hydrogen-bond donors (Lipinski definition) is 1. The molecular formula is C22H11ClN4O2S. The Hall–Kier alpha value is -3.73. The molecule has 0 saturated heterocycles. The van der Waals surface area contributed by atoms with Crippen LogP contribution < -0.4 is 5.56 Å². The van der Waals surface area contributed by atoms with Crippen molar-refractivity contribution in [3.63, 3.8) is 0 Å². The smallest absolute Gasteiger partial charge is 0.285 e. The van der Waals surface area contributed by atoms with Gasteiger partial charge in [-0.15, -0.1) is 5.10 Å². The number of aromatic amines is 1. The molecule has 2 aliphatic heterocycles. The molecule has 144 valence electrons. The fourth-order valence-corrected chi connectivity index (χ4v) is 3.72. The van der Waals surface area contributed by atoms with Gasteiger partial charge in [0.25, 0.3) is 5.56 Å². The summed E-state index contributed by atoms with van der Waals surface area (Å²) in [5, 5.41) is 15.3. The van der Waals surface area contributed by atoms with E-state index >= 15 is 0 Å². The molecule has 6 nitrogen and oxygen atoms in total. The van der Waals surface area contributed by atoms with Crippen molar-refractivity contribution in [3.05, 3.63) is 86.2 Å². The number of nitrogens with one attached hydrogen (secondary N) is 1. The average molecular weight is 431 g/mol. The molecule has 0 unspecified atom stereocenters. The Kier molecular flexibility index (Phi) is 4.24. The molecule has 1 N–H and O–H groups in total. The van der Waals surface area contributed by atoms with Gasteiger partial charge in [0.2, 0.25) is 5.89 Å². The van der Waals surface area contributed by atoms with Crippen LogP contribution in [0.2, 0.25) is 5.02 Å². The molecule has 0 radical (unpaired) electrons. The van der Waals surface area contributed by atoms with Crippen LogP contribution in [0, 0.1) is 16.0 Å². The van der Waals surface area contributed by atoms with Crippen LogP contribution in [0.5, 0.6) is 0 Å². The van der Waals surface area contributed by atoms with E-state index < -0.39 is 0 Å². The van der Waals surface area contributed by atoms with Gasteiger partial charge in [-0.05, 0) is 35.9 Å². The normalized spacial score (nSPS) is 11.1. The maximum Gasteiger partial charge on any atom is 0.285 e. The zero-order chi connectivity index (χ0) is 20.8. The first-order valence-corrected chi connectivity index (χ1v) is 9.69. The van der Waals surface area contributed by atoms with Gasteiger partial charge in [0.15, 0.2) is 0 Å². The number of para-hydroxylation sites is 1. The Morgan fingerprint density at radius 2 is 1.87 bits per heavy atom. The van der Waals surface area contributed by atoms with Gasteiger partial charge >= 0.3 is 0 Å². The fraction of sp³-hybridized carbons (Fsp3) is 0. The topological polar surface area (TPSA) is 87.6 Å². The molecule has 30 heavy (non-hydrogen) atoms. The molecule has 5 rings (SSSR count). The minimum Gasteiger partial charge on any atom is -0.436 e. The third-order valence-electron chi connectivity index (χ3n) is 4.78. The van der Waals surface area contributed by atoms with Gasteiger partial charge in [0.1, 0.15) is 27.7 Å². The monoisotopic (exact) mass is 430 g/mol. The Morgan fingerprint density at radius 1 is 1.10 bits per heavy atom. The summed E-state index contributed by atoms with van der Waals surface area (Å²) in [6.45, 7) is 0. The predicted molar refractivity (Wildman–Crippen MR) is 117 cm³/mol. The molecule has 3 heterocycles. The highest BCUT2D eigenvalue weighted by atomic mass is 35.5. The Bertz CT molecular complexity index is 1560. The number of halogens is 1. The quantitative estimate of drug-likeness (QED) is 0.382. The van der Waals surface area contributed by atoms with Crippen LogP contribution >= 0.6 is 23.8 Å². The van der Waals surface area contributed by atoms with Gasteiger partial charge in [-0.1, -0.05) is 54.2 Å². The lowest BCUT2D eigenvalue weighted by Crippen LogP contribution is -2.16. The van der Waals surface area contributed by atoms with E-state index in [1.807, 2.05) is 24.3 Å². The van der Waals surface area contributed by atoms with Gasteiger partial charge in [0.05, 0.1) is 5.56 Å². The summed E-state index contributed by atoms with van der Waals surface area (Å²) >= 11 is 11.4. The number of benzene rings is 2. The number of hydrogen-bond acceptors (Lipinski definition) is 5. The van der Waals surface area contributed by atoms with Crippen LogP contribution in [0.4, 0.5) is 0 Å². The first kappa shape index (κ1) is 18.3. The molecule has 0 bridgehead atoms. The van der Waals surface area contributed by atoms with Gasteiger partial charge in [-0.25, -0.2) is 0 Å². The highest BCUT2D eigenvalue weighted by Gasteiger charge is 2.21. The first-order chi connectivity index (χ1) is 14.5. The lowest BCUT2D eigenvalue weighted by Gasteiger charge is -2.08. The maximum absolute atomic E-state index is 13.0. The van der Waals surface area contributed by atoms with E-state index in [4.69, 9.17) is 28.2 Å². The zero-order valence-corrected chi connectivity index (χ0v) is 16.8. The second kappa shape index (κ2) is 6.95. The van der Waals surface area contributed by atoms with Crippen molar-refractivity contribution in [2.24, 2.45) is 0 Å². The Labute approximate surface area is 179 Å². The van der Waals surface area contributed by atoms with Gasteiger partial charge in [0, 0.05) is 16.0 Å². The van der Waals surface area contributed by atoms with E-state index in [1.54, 1.807) is 36.4 Å². The SMILES string of the molecule is N#Cc1c(-c2ccc(Cl)cc2)cc(-n2nc3oc4ccccc4cc-3c2=O)[nH]c1=S. The summed E-state index contributed by atoms with van der Waals surface area (Å²) < 4.78 is 7.20. The van der Waals surface area contributed by atoms with E-state index in [9.17, 15) is 10.1 Å². The predicted octanol–water partition coefficient (Wildman–Crippen LogP) is 5.33. The molecule has 0 amide bonds. The van der Waals surface area contributed by atoms with Crippen molar-refractivity contribution in [3.8, 4) is 34.5 Å². The van der Waals surface area contributed by atoms with Gasteiger partial charge < -0.3 is 9.40 Å². The van der Waals surface area contributed by atoms with Crippen LogP contribution in [-0.2, 0) is 0 Å². The zero-order valence-electron chi connectivity index (χ0n) is 15.2. The number of H-pyrrole nitrogens is 1. The molecule has 8 heteroatoms. The van der Waals surface area contributed by atoms with Crippen LogP contribution in [0.25, 0.3) is 39.4 Å². The highest BCUT2D eigenvalue weighted by Crippen LogP contribution is 2.28. The molecule has 0 aliphatic carbocycles. The van der Waals surface area contributed by atoms with Crippen LogP contribution in [-0.4, -0.2) is 14.8 Å². The number of nitrogens with zero attached hydrogens (tertiary/aromatic N) is 3. The van der Waals surface area contributed by atoms with E-state index in [-0.39, 0.29) is 16.1 Å². The lowest BCUT2D eigenvalue weighted by atomic mass is 10.0. The molecule has 0 saturated carbocycles. The number of fused-ring (bicyclic) bond motifs is 2. The average Bonchev–Trinajstić information content (AvgIpc) is 3.07. The van der Waals surface area contributed by atoms with E-state index in [1.165, 1.54) is 4.68 Å². The van der Waals surface area contributed by atoms with Crippen LogP contribution in [0.15, 0.2) is 69.9 Å². The summed E-state index contributed by atoms with van der Waals surface area (Å²) in [7, 11) is 0. The Morgan fingerprint density at radius 3 is 2.63 bits per heavy atom. The van der Waals surface area contributed by atoms with E-state index in [2.05, 4.69) is 16.2 Å². The molecule has 2 aromatic carbocycles. The molecule has 3 aromatic rings. The number of pyridine rings is 1. The minimum absolute atomic E-state index is 0.209. The van der Waals surface area contributed by atoms with Crippen molar-refractivity contribution in [1.82, 2.24) is 14.8 Å². The van der Waals surface area contributed by atoms with Gasteiger partial charge in [-0.3, -0.25) is 4.79 Å². The molecular weight excluding hydrogens is 420 g/mol. The first-order valence-electron chi connectivity index (χ1n) is 8.90. The summed E-state index contributed by atoms with van der Waals surface area (Å²) in [6.07, 6.45) is 0. The van der Waals surface area contributed by atoms with Crippen LogP contribution in [0.1, 0.15) is 5.56 Å². The summed E-state index contributed by atoms with van der Waals surface area (Å²) in [5.74, 6) is 0.555. The maximum atomic E-state index is 13.0. The fourth-order valence-electron chi connectivity index (χ4n) is 3.34. The standard InChI is InChI=1S/C22H11ClN4O2S/c23-14-7-5-12(6-8-14)15-10-19(25-21(30)17(15)11-24)27-22(28)16-9-13-3-1-2-4-18(13)29-20(16)26-27/h1-10H,(H,25,30). The van der Waals surface area contributed by atoms with Crippen molar-refractivity contribution in [2.75, 3.05) is 0 Å². The van der Waals surface area contributed by atoms with Crippen molar-refractivity contribution in [2.45, 2.75) is 0 Å². The van der Waals surface area contributed by atoms with E-state index in [0.29, 0.717) is 33.1 Å². The molecule has 0 spiro atoms. The third-order valence-corrected chi connectivity index (χ3v) is 5.34.